The molecule has 2 N–H and O–H groups in total. The van der Waals surface area contributed by atoms with Crippen LogP contribution in [-0.2, 0) is 19.9 Å². The molecule has 66 heavy (non-hydrogen) atoms. The van der Waals surface area contributed by atoms with Crippen molar-refractivity contribution >= 4 is 76.4 Å². The molecule has 11 aromatic rings. The van der Waals surface area contributed by atoms with Crippen LogP contribution in [0, 0.1) is 76.2 Å². The number of hydrogen-bond donors (Lipinski definition) is 2. The molecule has 1 aliphatic carbocycles. The van der Waals surface area contributed by atoms with Gasteiger partial charge >= 0.3 is 0 Å². The van der Waals surface area contributed by atoms with Crippen molar-refractivity contribution in [1.82, 2.24) is 19.5 Å². The standard InChI is InChI=1S/C12H12.2C10H11N.C10H10S.C9H10N2.C9H12S/c1-9-7-11-5-3-4-6-12(11)8-10(9)2;1-8-7-9-5-3-4-6-10(9)11(8)2;2*1-7-8(2)11-10-6-4-3-5-9(7)10;1-6-3-8-9(4-7(6)2)11-5-10-8;1-6-7(2)10-9-5-3-4-8(6)9/h3-8H,1-2H3;3-7H,1-2H3;3-6,11H,1-2H3;3-6H,1-2H3;3-5H,1-2H3,(H,10,11);3-5H2,1-2H3. The van der Waals surface area contributed by atoms with Crippen LogP contribution in [0.3, 0.4) is 0 Å². The average Bonchev–Trinajstić information content (AvgIpc) is 4.18. The van der Waals surface area contributed by atoms with E-state index in [9.17, 15) is 0 Å². The van der Waals surface area contributed by atoms with Gasteiger partial charge in [-0.05, 0) is 198 Å². The number of rotatable bonds is 0. The van der Waals surface area contributed by atoms with Crippen molar-refractivity contribution in [2.75, 3.05) is 0 Å². The molecule has 0 amide bonds. The quantitative estimate of drug-likeness (QED) is 0.156. The van der Waals surface area contributed by atoms with Gasteiger partial charge < -0.3 is 14.5 Å². The van der Waals surface area contributed by atoms with Crippen molar-refractivity contribution in [2.45, 2.75) is 95.4 Å². The second-order valence-corrected chi connectivity index (χ2v) is 20.3. The van der Waals surface area contributed by atoms with Gasteiger partial charge in [0.1, 0.15) is 0 Å². The summed E-state index contributed by atoms with van der Waals surface area (Å²) in [6.45, 7) is 23.8. The van der Waals surface area contributed by atoms with E-state index in [0.29, 0.717) is 0 Å². The number of aromatic amines is 2. The van der Waals surface area contributed by atoms with Crippen molar-refractivity contribution in [3.05, 3.63) is 204 Å². The molecule has 4 nitrogen and oxygen atoms in total. The van der Waals surface area contributed by atoms with Gasteiger partial charge in [-0.15, -0.1) is 22.7 Å². The highest BCUT2D eigenvalue weighted by molar-refractivity contribution is 7.19. The normalized spacial score (nSPS) is 11.5. The van der Waals surface area contributed by atoms with Crippen LogP contribution in [0.1, 0.15) is 76.9 Å². The zero-order valence-corrected chi connectivity index (χ0v) is 42.7. The van der Waals surface area contributed by atoms with Crippen LogP contribution in [0.25, 0.3) is 53.7 Å². The predicted octanol–water partition coefficient (Wildman–Crippen LogP) is 17.3. The second kappa shape index (κ2) is 21.4. The largest absolute Gasteiger partial charge is 0.358 e. The molecular weight excluding hydrogens is 841 g/mol. The maximum absolute atomic E-state index is 4.17. The summed E-state index contributed by atoms with van der Waals surface area (Å²) in [7, 11) is 2.09. The summed E-state index contributed by atoms with van der Waals surface area (Å²) < 4.78 is 3.61. The van der Waals surface area contributed by atoms with Gasteiger partial charge in [-0.3, -0.25) is 0 Å². The van der Waals surface area contributed by atoms with E-state index >= 15 is 0 Å². The molecule has 0 aliphatic heterocycles. The van der Waals surface area contributed by atoms with Crippen LogP contribution in [0.2, 0.25) is 0 Å². The Balaban J connectivity index is 0.000000118. The number of aryl methyl sites for hydroxylation is 12. The highest BCUT2D eigenvalue weighted by Crippen LogP contribution is 2.34. The Kier molecular flexibility index (Phi) is 15.5. The fourth-order valence-corrected chi connectivity index (χ4v) is 10.8. The number of para-hydroxylation sites is 2. The zero-order valence-electron chi connectivity index (χ0n) is 41.0. The number of nitrogens with zero attached hydrogens (tertiary/aromatic N) is 2. The number of aromatic nitrogens is 4. The van der Waals surface area contributed by atoms with E-state index in [2.05, 4.69) is 230 Å². The lowest BCUT2D eigenvalue weighted by molar-refractivity contribution is 0.910. The Hall–Kier alpha value is -6.21. The third-order valence-electron chi connectivity index (χ3n) is 13.3. The number of benzene rings is 6. The fourth-order valence-electron chi connectivity index (χ4n) is 8.50. The topological polar surface area (TPSA) is 49.4 Å². The predicted molar refractivity (Wildman–Crippen MR) is 292 cm³/mol. The first-order chi connectivity index (χ1) is 31.7. The van der Waals surface area contributed by atoms with Gasteiger partial charge in [-0.1, -0.05) is 91.0 Å². The molecule has 0 radical (unpaired) electrons. The third-order valence-corrected chi connectivity index (χ3v) is 15.8. The molecule has 12 rings (SSSR count). The lowest BCUT2D eigenvalue weighted by atomic mass is 10.0. The van der Waals surface area contributed by atoms with Crippen molar-refractivity contribution in [1.29, 1.82) is 0 Å². The Morgan fingerprint density at radius 1 is 0.515 bits per heavy atom. The molecule has 0 saturated carbocycles. The second-order valence-electron chi connectivity index (χ2n) is 17.8. The van der Waals surface area contributed by atoms with Crippen LogP contribution >= 0.6 is 22.7 Å². The molecular formula is C60H66N4S2. The first-order valence-electron chi connectivity index (χ1n) is 23.1. The minimum absolute atomic E-state index is 1.05. The minimum Gasteiger partial charge on any atom is -0.358 e. The number of H-pyrrole nitrogens is 2. The summed E-state index contributed by atoms with van der Waals surface area (Å²) in [4.78, 5) is 15.2. The fraction of sp³-hybridized carbons (Fsp3) is 0.250. The number of nitrogens with one attached hydrogen (secondary N) is 2. The Morgan fingerprint density at radius 3 is 1.74 bits per heavy atom. The van der Waals surface area contributed by atoms with Gasteiger partial charge in [0.05, 0.1) is 17.4 Å². The molecule has 5 heterocycles. The van der Waals surface area contributed by atoms with Gasteiger partial charge in [0.25, 0.3) is 0 Å². The van der Waals surface area contributed by atoms with E-state index in [1.807, 2.05) is 22.7 Å². The highest BCUT2D eigenvalue weighted by Gasteiger charge is 2.16. The Bertz CT molecular complexity index is 3120. The summed E-state index contributed by atoms with van der Waals surface area (Å²) in [6, 6.07) is 44.7. The van der Waals surface area contributed by atoms with Crippen LogP contribution in [0.4, 0.5) is 0 Å². The number of thiophene rings is 2. The Morgan fingerprint density at radius 2 is 1.09 bits per heavy atom. The van der Waals surface area contributed by atoms with Gasteiger partial charge in [0.2, 0.25) is 0 Å². The van der Waals surface area contributed by atoms with Gasteiger partial charge in [0, 0.05) is 54.2 Å². The molecule has 0 saturated heterocycles. The molecule has 0 unspecified atom stereocenters. The molecule has 1 aliphatic rings. The van der Waals surface area contributed by atoms with Crippen LogP contribution in [0.5, 0.6) is 0 Å². The molecule has 0 atom stereocenters. The van der Waals surface area contributed by atoms with Crippen LogP contribution in [-0.4, -0.2) is 19.5 Å². The minimum atomic E-state index is 1.05. The average molecular weight is 907 g/mol. The Labute approximate surface area is 400 Å². The van der Waals surface area contributed by atoms with Gasteiger partial charge in [-0.25, -0.2) is 4.98 Å². The number of imidazole rings is 1. The SMILES string of the molecule is Cc1[nH]c2ccccc2c1C.Cc1cc2ccccc2cc1C.Cc1cc2ccccc2n1C.Cc1cc2nc[nH]c2cc1C.Cc1sc2c(c1C)CCC2.Cc1sc2ccccc2c1C. The number of hydrogen-bond acceptors (Lipinski definition) is 3. The summed E-state index contributed by atoms with van der Waals surface area (Å²) in [5.74, 6) is 0. The third kappa shape index (κ3) is 11.1. The van der Waals surface area contributed by atoms with E-state index < -0.39 is 0 Å². The molecule has 6 aromatic carbocycles. The maximum Gasteiger partial charge on any atom is 0.0931 e. The lowest BCUT2D eigenvalue weighted by Gasteiger charge is -2.02. The summed E-state index contributed by atoms with van der Waals surface area (Å²) >= 11 is 3.88. The summed E-state index contributed by atoms with van der Waals surface area (Å²) in [5, 5.41) is 6.74. The molecule has 0 fully saturated rings. The molecule has 5 aromatic heterocycles. The highest BCUT2D eigenvalue weighted by atomic mass is 32.1. The van der Waals surface area contributed by atoms with E-state index in [1.54, 1.807) is 22.3 Å². The van der Waals surface area contributed by atoms with E-state index in [-0.39, 0.29) is 0 Å². The number of fused-ring (bicyclic) bond motifs is 6. The van der Waals surface area contributed by atoms with Crippen LogP contribution in [0.15, 0.2) is 134 Å². The van der Waals surface area contributed by atoms with Crippen molar-refractivity contribution in [3.63, 3.8) is 0 Å². The molecule has 6 heteroatoms. The summed E-state index contributed by atoms with van der Waals surface area (Å²) in [5.41, 5.74) is 18.7. The van der Waals surface area contributed by atoms with Gasteiger partial charge in [0.15, 0.2) is 0 Å². The lowest BCUT2D eigenvalue weighted by Crippen LogP contribution is -1.88. The van der Waals surface area contributed by atoms with Crippen molar-refractivity contribution in [2.24, 2.45) is 7.05 Å². The van der Waals surface area contributed by atoms with Crippen molar-refractivity contribution in [3.8, 4) is 0 Å². The summed E-state index contributed by atoms with van der Waals surface area (Å²) in [6.07, 6.45) is 5.80. The molecule has 0 spiro atoms. The maximum atomic E-state index is 4.17. The monoisotopic (exact) mass is 906 g/mol. The molecule has 0 bridgehead atoms. The van der Waals surface area contributed by atoms with E-state index in [4.69, 9.17) is 0 Å². The van der Waals surface area contributed by atoms with E-state index in [0.717, 1.165) is 11.0 Å². The van der Waals surface area contributed by atoms with E-state index in [1.165, 1.54) is 116 Å². The zero-order chi connectivity index (χ0) is 47.1. The van der Waals surface area contributed by atoms with Gasteiger partial charge in [-0.2, -0.15) is 0 Å². The van der Waals surface area contributed by atoms with Crippen LogP contribution < -0.4 is 0 Å². The molecule has 338 valence electrons. The van der Waals surface area contributed by atoms with Crippen molar-refractivity contribution < 1.29 is 0 Å². The first kappa shape index (κ1) is 47.7. The smallest absolute Gasteiger partial charge is 0.0931 e. The first-order valence-corrected chi connectivity index (χ1v) is 24.8.